The lowest BCUT2D eigenvalue weighted by atomic mass is 9.88. The average molecular weight is 342 g/mol. The lowest BCUT2D eigenvalue weighted by molar-refractivity contribution is -0.00501. The van der Waals surface area contributed by atoms with E-state index in [4.69, 9.17) is 4.74 Å². The topological polar surface area (TPSA) is 52.1 Å². The van der Waals surface area contributed by atoms with Crippen molar-refractivity contribution in [1.29, 1.82) is 0 Å². The van der Waals surface area contributed by atoms with Crippen LogP contribution in [0.5, 0.6) is 0 Å². The fraction of sp³-hybridized carbons (Fsp3) is 0.944. The Morgan fingerprint density at radius 1 is 1.08 bits per heavy atom. The summed E-state index contributed by atoms with van der Waals surface area (Å²) in [6.45, 7) is 13.5. The highest BCUT2D eigenvalue weighted by Gasteiger charge is 2.34. The lowest BCUT2D eigenvalue weighted by Crippen LogP contribution is -2.57. The molecule has 0 spiro atoms. The second-order valence-electron chi connectivity index (χ2n) is 7.51. The van der Waals surface area contributed by atoms with Crippen LogP contribution >= 0.6 is 0 Å². The van der Waals surface area contributed by atoms with Crippen LogP contribution in [0.15, 0.2) is 4.99 Å². The third-order valence-electron chi connectivity index (χ3n) is 5.17. The van der Waals surface area contributed by atoms with Gasteiger partial charge in [0, 0.05) is 57.5 Å². The second-order valence-corrected chi connectivity index (χ2v) is 7.51. The van der Waals surface area contributed by atoms with E-state index in [0.717, 1.165) is 51.6 Å². The summed E-state index contributed by atoms with van der Waals surface area (Å²) < 4.78 is 5.54. The number of hydrogen-bond donors (Lipinski definition) is 2. The molecule has 0 aromatic heterocycles. The van der Waals surface area contributed by atoms with Crippen LogP contribution < -0.4 is 10.6 Å². The van der Waals surface area contributed by atoms with Crippen molar-refractivity contribution >= 4 is 5.96 Å². The molecule has 6 nitrogen and oxygen atoms in total. The molecule has 1 saturated heterocycles. The van der Waals surface area contributed by atoms with E-state index in [1.165, 1.54) is 0 Å². The molecular formula is C18H39N5O. The van der Waals surface area contributed by atoms with Gasteiger partial charge in [0.2, 0.25) is 0 Å². The van der Waals surface area contributed by atoms with Crippen molar-refractivity contribution in [3.63, 3.8) is 0 Å². The monoisotopic (exact) mass is 341 g/mol. The van der Waals surface area contributed by atoms with E-state index >= 15 is 0 Å². The van der Waals surface area contributed by atoms with Gasteiger partial charge in [-0.1, -0.05) is 0 Å². The van der Waals surface area contributed by atoms with Gasteiger partial charge in [-0.2, -0.15) is 0 Å². The number of nitrogens with zero attached hydrogens (tertiary/aromatic N) is 3. The largest absolute Gasteiger partial charge is 0.381 e. The standard InChI is InChI=1S/C18H39N5O/c1-15(2)23(16(3)4)11-10-20-17(19-5)21-14-18(22(6)7)8-12-24-13-9-18/h15-16H,8-14H2,1-7H3,(H2,19,20,21). The first-order valence-corrected chi connectivity index (χ1v) is 9.28. The predicted molar refractivity (Wildman–Crippen MR) is 103 cm³/mol. The first-order chi connectivity index (χ1) is 11.3. The van der Waals surface area contributed by atoms with E-state index in [1.807, 2.05) is 7.05 Å². The lowest BCUT2D eigenvalue weighted by Gasteiger charge is -2.43. The third kappa shape index (κ3) is 6.22. The van der Waals surface area contributed by atoms with Crippen LogP contribution in [-0.2, 0) is 4.74 Å². The molecule has 1 aliphatic rings. The molecule has 0 saturated carbocycles. The van der Waals surface area contributed by atoms with Crippen LogP contribution in [0.4, 0.5) is 0 Å². The third-order valence-corrected chi connectivity index (χ3v) is 5.17. The normalized spacial score (nSPS) is 18.7. The molecule has 1 rings (SSSR count). The maximum absolute atomic E-state index is 5.54. The van der Waals surface area contributed by atoms with Crippen LogP contribution in [0.3, 0.4) is 0 Å². The van der Waals surface area contributed by atoms with Gasteiger partial charge in [0.1, 0.15) is 0 Å². The number of ether oxygens (including phenoxy) is 1. The van der Waals surface area contributed by atoms with Crippen molar-refractivity contribution in [2.75, 3.05) is 54.0 Å². The van der Waals surface area contributed by atoms with Crippen molar-refractivity contribution in [2.45, 2.75) is 58.2 Å². The highest BCUT2D eigenvalue weighted by molar-refractivity contribution is 5.79. The molecule has 0 unspecified atom stereocenters. The minimum Gasteiger partial charge on any atom is -0.381 e. The Morgan fingerprint density at radius 2 is 1.67 bits per heavy atom. The molecule has 6 heteroatoms. The minimum absolute atomic E-state index is 0.151. The predicted octanol–water partition coefficient (Wildman–Crippen LogP) is 1.38. The van der Waals surface area contributed by atoms with Crippen molar-refractivity contribution in [3.05, 3.63) is 0 Å². The number of aliphatic imine (C=N–C) groups is 1. The zero-order chi connectivity index (χ0) is 18.2. The second kappa shape index (κ2) is 10.2. The van der Waals surface area contributed by atoms with E-state index in [0.29, 0.717) is 12.1 Å². The van der Waals surface area contributed by atoms with Crippen LogP contribution in [0.1, 0.15) is 40.5 Å². The van der Waals surface area contributed by atoms with Gasteiger partial charge in [0.25, 0.3) is 0 Å². The Balaban J connectivity index is 2.47. The summed E-state index contributed by atoms with van der Waals surface area (Å²) in [4.78, 5) is 9.19. The SMILES string of the molecule is CN=C(NCCN(C(C)C)C(C)C)NCC1(N(C)C)CCOCC1. The summed E-state index contributed by atoms with van der Waals surface area (Å²) >= 11 is 0. The molecular weight excluding hydrogens is 302 g/mol. The van der Waals surface area contributed by atoms with Crippen LogP contribution in [-0.4, -0.2) is 87.4 Å². The number of likely N-dealkylation sites (N-methyl/N-ethyl adjacent to an activating group) is 1. The number of nitrogens with one attached hydrogen (secondary N) is 2. The average Bonchev–Trinajstić information content (AvgIpc) is 2.54. The van der Waals surface area contributed by atoms with Gasteiger partial charge in [0.05, 0.1) is 0 Å². The van der Waals surface area contributed by atoms with Gasteiger partial charge < -0.3 is 20.3 Å². The Bertz CT molecular complexity index is 368. The minimum atomic E-state index is 0.151. The molecule has 0 radical (unpaired) electrons. The first-order valence-electron chi connectivity index (χ1n) is 9.28. The van der Waals surface area contributed by atoms with E-state index in [9.17, 15) is 0 Å². The Morgan fingerprint density at radius 3 is 2.12 bits per heavy atom. The molecule has 0 bridgehead atoms. The maximum Gasteiger partial charge on any atom is 0.191 e. The molecule has 2 N–H and O–H groups in total. The maximum atomic E-state index is 5.54. The van der Waals surface area contributed by atoms with Gasteiger partial charge in [-0.05, 0) is 54.6 Å². The summed E-state index contributed by atoms with van der Waals surface area (Å²) in [5.74, 6) is 0.884. The summed E-state index contributed by atoms with van der Waals surface area (Å²) in [6.07, 6.45) is 2.11. The smallest absolute Gasteiger partial charge is 0.191 e. The summed E-state index contributed by atoms with van der Waals surface area (Å²) in [5, 5.41) is 6.97. The van der Waals surface area contributed by atoms with Crippen molar-refractivity contribution in [1.82, 2.24) is 20.4 Å². The van der Waals surface area contributed by atoms with Gasteiger partial charge in [-0.15, -0.1) is 0 Å². The number of rotatable bonds is 8. The summed E-state index contributed by atoms with van der Waals surface area (Å²) in [7, 11) is 6.16. The molecule has 24 heavy (non-hydrogen) atoms. The number of guanidine groups is 1. The van der Waals surface area contributed by atoms with Gasteiger partial charge >= 0.3 is 0 Å². The molecule has 0 amide bonds. The summed E-state index contributed by atoms with van der Waals surface area (Å²) in [6, 6.07) is 1.11. The molecule has 1 fully saturated rings. The summed E-state index contributed by atoms with van der Waals surface area (Å²) in [5.41, 5.74) is 0.151. The van der Waals surface area contributed by atoms with Gasteiger partial charge in [-0.3, -0.25) is 9.89 Å². The van der Waals surface area contributed by atoms with E-state index in [2.05, 4.69) is 67.2 Å². The molecule has 142 valence electrons. The van der Waals surface area contributed by atoms with Crippen LogP contribution in [0.25, 0.3) is 0 Å². The highest BCUT2D eigenvalue weighted by Crippen LogP contribution is 2.24. The molecule has 0 atom stereocenters. The van der Waals surface area contributed by atoms with Crippen molar-refractivity contribution in [3.8, 4) is 0 Å². The fourth-order valence-corrected chi connectivity index (χ4v) is 3.42. The zero-order valence-electron chi connectivity index (χ0n) is 16.9. The molecule has 0 aromatic rings. The van der Waals surface area contributed by atoms with E-state index in [-0.39, 0.29) is 5.54 Å². The zero-order valence-corrected chi connectivity index (χ0v) is 16.9. The first kappa shape index (κ1) is 21.2. The van der Waals surface area contributed by atoms with E-state index in [1.54, 1.807) is 0 Å². The Kier molecular flexibility index (Phi) is 9.02. The molecule has 1 aliphatic heterocycles. The Hall–Kier alpha value is -0.850. The van der Waals surface area contributed by atoms with Crippen molar-refractivity contribution < 1.29 is 4.74 Å². The van der Waals surface area contributed by atoms with Gasteiger partial charge in [0.15, 0.2) is 5.96 Å². The van der Waals surface area contributed by atoms with Gasteiger partial charge in [-0.25, -0.2) is 0 Å². The molecule has 0 aliphatic carbocycles. The molecule has 0 aromatic carbocycles. The highest BCUT2D eigenvalue weighted by atomic mass is 16.5. The van der Waals surface area contributed by atoms with Crippen molar-refractivity contribution in [2.24, 2.45) is 4.99 Å². The Labute approximate surface area is 149 Å². The molecule has 1 heterocycles. The van der Waals surface area contributed by atoms with E-state index < -0.39 is 0 Å². The fourth-order valence-electron chi connectivity index (χ4n) is 3.42. The van der Waals surface area contributed by atoms with Crippen LogP contribution in [0, 0.1) is 0 Å². The van der Waals surface area contributed by atoms with Crippen LogP contribution in [0.2, 0.25) is 0 Å². The number of hydrogen-bond acceptors (Lipinski definition) is 4. The quantitative estimate of drug-likeness (QED) is 0.516.